The van der Waals surface area contributed by atoms with Gasteiger partial charge in [-0.3, -0.25) is 4.79 Å². The molecule has 25 heavy (non-hydrogen) atoms. The number of ether oxygens (including phenoxy) is 1. The summed E-state index contributed by atoms with van der Waals surface area (Å²) in [6, 6.07) is 17.8. The molecule has 0 unspecified atom stereocenters. The number of anilines is 3. The molecule has 1 amide bonds. The molecular formula is C19H16ClN3O2. The number of nitrogens with one attached hydrogen (secondary N) is 2. The molecule has 3 rings (SSSR count). The Morgan fingerprint density at radius 3 is 2.24 bits per heavy atom. The molecule has 2 aromatic carbocycles. The first-order valence-corrected chi connectivity index (χ1v) is 7.96. The van der Waals surface area contributed by atoms with Crippen LogP contribution in [0.15, 0.2) is 66.9 Å². The monoisotopic (exact) mass is 353 g/mol. The number of methoxy groups -OCH3 is 1. The van der Waals surface area contributed by atoms with Crippen LogP contribution in [0, 0.1) is 0 Å². The van der Waals surface area contributed by atoms with Gasteiger partial charge < -0.3 is 15.4 Å². The molecule has 6 heteroatoms. The zero-order valence-electron chi connectivity index (χ0n) is 13.5. The number of halogens is 1. The summed E-state index contributed by atoms with van der Waals surface area (Å²) in [7, 11) is 1.58. The van der Waals surface area contributed by atoms with Crippen LogP contribution in [0.2, 0.25) is 5.02 Å². The van der Waals surface area contributed by atoms with Crippen molar-refractivity contribution in [2.75, 3.05) is 17.7 Å². The Kier molecular flexibility index (Phi) is 5.16. The Morgan fingerprint density at radius 2 is 1.64 bits per heavy atom. The van der Waals surface area contributed by atoms with E-state index in [1.54, 1.807) is 61.8 Å². The smallest absolute Gasteiger partial charge is 0.255 e. The highest BCUT2D eigenvalue weighted by molar-refractivity contribution is 6.30. The highest BCUT2D eigenvalue weighted by Gasteiger charge is 2.06. The summed E-state index contributed by atoms with van der Waals surface area (Å²) < 4.78 is 5.08. The molecule has 0 saturated heterocycles. The molecule has 0 fully saturated rings. The second-order valence-corrected chi connectivity index (χ2v) is 5.68. The van der Waals surface area contributed by atoms with Gasteiger partial charge in [-0.25, -0.2) is 4.98 Å². The minimum atomic E-state index is -0.206. The highest BCUT2D eigenvalue weighted by Crippen LogP contribution is 2.19. The van der Waals surface area contributed by atoms with Gasteiger partial charge in [-0.05, 0) is 60.7 Å². The molecule has 0 aliphatic heterocycles. The fourth-order valence-electron chi connectivity index (χ4n) is 2.17. The van der Waals surface area contributed by atoms with Gasteiger partial charge in [0.2, 0.25) is 0 Å². The quantitative estimate of drug-likeness (QED) is 0.695. The van der Waals surface area contributed by atoms with Gasteiger partial charge in [0.15, 0.2) is 0 Å². The lowest BCUT2D eigenvalue weighted by Crippen LogP contribution is -2.12. The average Bonchev–Trinajstić information content (AvgIpc) is 2.65. The Bertz CT molecular complexity index is 847. The van der Waals surface area contributed by atoms with Gasteiger partial charge in [-0.15, -0.1) is 0 Å². The van der Waals surface area contributed by atoms with Crippen LogP contribution in [0.5, 0.6) is 5.75 Å². The van der Waals surface area contributed by atoms with E-state index in [9.17, 15) is 4.79 Å². The van der Waals surface area contributed by atoms with Crippen molar-refractivity contribution in [3.05, 3.63) is 77.4 Å². The predicted molar refractivity (Wildman–Crippen MR) is 99.9 cm³/mol. The molecule has 0 aliphatic carbocycles. The first kappa shape index (κ1) is 16.8. The van der Waals surface area contributed by atoms with Crippen LogP contribution in [0.25, 0.3) is 0 Å². The van der Waals surface area contributed by atoms with Crippen LogP contribution in [-0.4, -0.2) is 18.0 Å². The average molecular weight is 354 g/mol. The van der Waals surface area contributed by atoms with E-state index in [0.29, 0.717) is 27.8 Å². The third-order valence-electron chi connectivity index (χ3n) is 3.49. The van der Waals surface area contributed by atoms with E-state index >= 15 is 0 Å². The number of benzene rings is 2. The molecule has 2 N–H and O–H groups in total. The first-order chi connectivity index (χ1) is 12.1. The van der Waals surface area contributed by atoms with Crippen molar-refractivity contribution in [1.82, 2.24) is 4.98 Å². The first-order valence-electron chi connectivity index (χ1n) is 7.58. The predicted octanol–water partition coefficient (Wildman–Crippen LogP) is 4.74. The van der Waals surface area contributed by atoms with Crippen LogP contribution < -0.4 is 15.4 Å². The lowest BCUT2D eigenvalue weighted by atomic mass is 10.2. The molecular weight excluding hydrogens is 338 g/mol. The van der Waals surface area contributed by atoms with Gasteiger partial charge in [0, 0.05) is 16.3 Å². The minimum Gasteiger partial charge on any atom is -0.497 e. The standard InChI is InChI=1S/C19H16ClN3O2/c1-25-17-9-2-13(3-10-17)19(24)23-16-8-11-18(21-12-16)22-15-6-4-14(20)5-7-15/h2-12H,1H3,(H,21,22)(H,23,24). The summed E-state index contributed by atoms with van der Waals surface area (Å²) in [6.07, 6.45) is 1.60. The Hall–Kier alpha value is -3.05. The molecule has 1 aromatic heterocycles. The number of hydrogen-bond acceptors (Lipinski definition) is 4. The second-order valence-electron chi connectivity index (χ2n) is 5.25. The molecule has 1 heterocycles. The van der Waals surface area contributed by atoms with Crippen LogP contribution in [0.3, 0.4) is 0 Å². The minimum absolute atomic E-state index is 0.206. The van der Waals surface area contributed by atoms with Gasteiger partial charge in [0.05, 0.1) is 19.0 Å². The van der Waals surface area contributed by atoms with E-state index in [0.717, 1.165) is 5.69 Å². The zero-order valence-corrected chi connectivity index (χ0v) is 14.2. The van der Waals surface area contributed by atoms with Crippen molar-refractivity contribution in [3.63, 3.8) is 0 Å². The van der Waals surface area contributed by atoms with Crippen molar-refractivity contribution in [3.8, 4) is 5.75 Å². The van der Waals surface area contributed by atoms with Gasteiger partial charge in [0.1, 0.15) is 11.6 Å². The number of hydrogen-bond donors (Lipinski definition) is 2. The Labute approximate surface area is 150 Å². The lowest BCUT2D eigenvalue weighted by molar-refractivity contribution is 0.102. The fraction of sp³-hybridized carbons (Fsp3) is 0.0526. The molecule has 3 aromatic rings. The van der Waals surface area contributed by atoms with E-state index in [1.165, 1.54) is 0 Å². The van der Waals surface area contributed by atoms with E-state index in [-0.39, 0.29) is 5.91 Å². The van der Waals surface area contributed by atoms with Crippen molar-refractivity contribution in [1.29, 1.82) is 0 Å². The topological polar surface area (TPSA) is 63.2 Å². The number of amides is 1. The molecule has 0 bridgehead atoms. The fourth-order valence-corrected chi connectivity index (χ4v) is 2.29. The van der Waals surface area contributed by atoms with Crippen LogP contribution >= 0.6 is 11.6 Å². The summed E-state index contributed by atoms with van der Waals surface area (Å²) in [6.45, 7) is 0. The maximum absolute atomic E-state index is 12.2. The van der Waals surface area contributed by atoms with Crippen molar-refractivity contribution < 1.29 is 9.53 Å². The molecule has 5 nitrogen and oxygen atoms in total. The number of carbonyl (C=O) groups excluding carboxylic acids is 1. The van der Waals surface area contributed by atoms with Gasteiger partial charge in [-0.1, -0.05) is 11.6 Å². The molecule has 0 radical (unpaired) electrons. The normalized spacial score (nSPS) is 10.2. The summed E-state index contributed by atoms with van der Waals surface area (Å²) in [5.41, 5.74) is 2.04. The van der Waals surface area contributed by atoms with Crippen molar-refractivity contribution in [2.45, 2.75) is 0 Å². The SMILES string of the molecule is COc1ccc(C(=O)Nc2ccc(Nc3ccc(Cl)cc3)nc2)cc1. The van der Waals surface area contributed by atoms with E-state index in [4.69, 9.17) is 16.3 Å². The molecule has 0 aliphatic rings. The van der Waals surface area contributed by atoms with Crippen molar-refractivity contribution >= 4 is 34.7 Å². The zero-order chi connectivity index (χ0) is 17.6. The number of rotatable bonds is 5. The Morgan fingerprint density at radius 1 is 0.960 bits per heavy atom. The van der Waals surface area contributed by atoms with E-state index < -0.39 is 0 Å². The lowest BCUT2D eigenvalue weighted by Gasteiger charge is -2.08. The maximum atomic E-state index is 12.2. The van der Waals surface area contributed by atoms with E-state index in [1.807, 2.05) is 12.1 Å². The number of nitrogens with zero attached hydrogens (tertiary/aromatic N) is 1. The summed E-state index contributed by atoms with van der Waals surface area (Å²) in [4.78, 5) is 16.5. The van der Waals surface area contributed by atoms with Crippen LogP contribution in [0.1, 0.15) is 10.4 Å². The van der Waals surface area contributed by atoms with Gasteiger partial charge in [0.25, 0.3) is 5.91 Å². The van der Waals surface area contributed by atoms with E-state index in [2.05, 4.69) is 15.6 Å². The molecule has 0 spiro atoms. The van der Waals surface area contributed by atoms with Crippen LogP contribution in [0.4, 0.5) is 17.2 Å². The van der Waals surface area contributed by atoms with Gasteiger partial charge in [-0.2, -0.15) is 0 Å². The summed E-state index contributed by atoms with van der Waals surface area (Å²) >= 11 is 5.86. The number of carbonyl (C=O) groups is 1. The third-order valence-corrected chi connectivity index (χ3v) is 3.74. The summed E-state index contributed by atoms with van der Waals surface area (Å²) in [5, 5.41) is 6.64. The van der Waals surface area contributed by atoms with Crippen LogP contribution in [-0.2, 0) is 0 Å². The Balaban J connectivity index is 1.63. The second kappa shape index (κ2) is 7.68. The highest BCUT2D eigenvalue weighted by atomic mass is 35.5. The number of pyridine rings is 1. The van der Waals surface area contributed by atoms with Crippen molar-refractivity contribution in [2.24, 2.45) is 0 Å². The molecule has 0 saturated carbocycles. The maximum Gasteiger partial charge on any atom is 0.255 e. The third kappa shape index (κ3) is 4.49. The summed E-state index contributed by atoms with van der Waals surface area (Å²) in [5.74, 6) is 1.17. The molecule has 126 valence electrons. The largest absolute Gasteiger partial charge is 0.497 e. The molecule has 0 atom stereocenters. The van der Waals surface area contributed by atoms with Gasteiger partial charge >= 0.3 is 0 Å². The number of aromatic nitrogens is 1.